The van der Waals surface area contributed by atoms with E-state index in [1.165, 1.54) is 18.2 Å². The molecule has 0 saturated carbocycles. The fourth-order valence-electron chi connectivity index (χ4n) is 4.05. The molecular formula is C26H20FN3O4. The number of Topliss-reactive ketones (excluding diaryl/α,β-unsaturated/α-hetero) is 1. The maximum absolute atomic E-state index is 14.7. The van der Waals surface area contributed by atoms with E-state index >= 15 is 0 Å². The van der Waals surface area contributed by atoms with Gasteiger partial charge in [-0.25, -0.2) is 9.18 Å². The third-order valence-electron chi connectivity index (χ3n) is 5.72. The van der Waals surface area contributed by atoms with Crippen LogP contribution in [-0.4, -0.2) is 22.9 Å². The maximum atomic E-state index is 14.7. The number of amides is 2. The van der Waals surface area contributed by atoms with Crippen molar-refractivity contribution in [2.24, 2.45) is 5.92 Å². The van der Waals surface area contributed by atoms with Gasteiger partial charge in [0.15, 0.2) is 5.78 Å². The van der Waals surface area contributed by atoms with Crippen molar-refractivity contribution in [1.29, 1.82) is 5.26 Å². The van der Waals surface area contributed by atoms with Crippen molar-refractivity contribution in [2.45, 2.75) is 19.3 Å². The van der Waals surface area contributed by atoms with Crippen LogP contribution in [0.4, 0.5) is 20.6 Å². The van der Waals surface area contributed by atoms with E-state index in [1.807, 2.05) is 12.1 Å². The van der Waals surface area contributed by atoms with Crippen LogP contribution in [0.5, 0.6) is 0 Å². The predicted molar refractivity (Wildman–Crippen MR) is 124 cm³/mol. The largest absolute Gasteiger partial charge is 0.481 e. The highest BCUT2D eigenvalue weighted by molar-refractivity contribution is 6.02. The standard InChI is InChI=1S/C26H20FN3O4/c27-22-12-17(7-9-23(22)30-26(34)29-20-3-1-2-15(10-20)14-28)16-6-8-21-18(11-16)4-5-19(25(21)33)13-24(31)32/h1-3,6-12,19H,4-5,13H2,(H,31,32)(H2,29,30,34). The third-order valence-corrected chi connectivity index (χ3v) is 5.72. The van der Waals surface area contributed by atoms with Crippen LogP contribution in [0.2, 0.25) is 0 Å². The Bertz CT molecular complexity index is 1350. The number of anilines is 2. The zero-order valence-electron chi connectivity index (χ0n) is 18.0. The number of carboxylic acid groups (broad SMARTS) is 1. The highest BCUT2D eigenvalue weighted by Crippen LogP contribution is 2.32. The molecule has 1 unspecified atom stereocenters. The summed E-state index contributed by atoms with van der Waals surface area (Å²) < 4.78 is 14.7. The lowest BCUT2D eigenvalue weighted by Crippen LogP contribution is -2.24. The van der Waals surface area contributed by atoms with Gasteiger partial charge in [-0.2, -0.15) is 5.26 Å². The minimum absolute atomic E-state index is 0.0117. The first kappa shape index (κ1) is 22.7. The van der Waals surface area contributed by atoms with E-state index in [9.17, 15) is 18.8 Å². The van der Waals surface area contributed by atoms with E-state index in [0.29, 0.717) is 40.8 Å². The zero-order chi connectivity index (χ0) is 24.2. The number of hydrogen-bond donors (Lipinski definition) is 3. The average Bonchev–Trinajstić information content (AvgIpc) is 2.82. The van der Waals surface area contributed by atoms with Gasteiger partial charge >= 0.3 is 12.0 Å². The Morgan fingerprint density at radius 2 is 1.82 bits per heavy atom. The molecule has 0 aliphatic heterocycles. The summed E-state index contributed by atoms with van der Waals surface area (Å²) in [6, 6.07) is 17.3. The smallest absolute Gasteiger partial charge is 0.323 e. The van der Waals surface area contributed by atoms with Crippen LogP contribution < -0.4 is 10.6 Å². The number of rotatable bonds is 5. The molecule has 0 saturated heterocycles. The molecule has 34 heavy (non-hydrogen) atoms. The summed E-state index contributed by atoms with van der Waals surface area (Å²) in [5.41, 5.74) is 3.39. The van der Waals surface area contributed by atoms with Crippen LogP contribution in [0.1, 0.15) is 34.3 Å². The van der Waals surface area contributed by atoms with Crippen molar-refractivity contribution in [3.8, 4) is 17.2 Å². The van der Waals surface area contributed by atoms with Crippen molar-refractivity contribution < 1.29 is 23.9 Å². The number of benzene rings is 3. The fraction of sp³-hybridized carbons (Fsp3) is 0.154. The van der Waals surface area contributed by atoms with Gasteiger partial charge in [0.25, 0.3) is 0 Å². The van der Waals surface area contributed by atoms with E-state index in [0.717, 1.165) is 5.56 Å². The van der Waals surface area contributed by atoms with Crippen LogP contribution in [0.3, 0.4) is 0 Å². The Morgan fingerprint density at radius 1 is 1.06 bits per heavy atom. The summed E-state index contributed by atoms with van der Waals surface area (Å²) in [4.78, 5) is 35.8. The lowest BCUT2D eigenvalue weighted by atomic mass is 9.80. The van der Waals surface area contributed by atoms with Crippen LogP contribution in [-0.2, 0) is 11.2 Å². The Balaban J connectivity index is 1.48. The van der Waals surface area contributed by atoms with E-state index in [4.69, 9.17) is 10.4 Å². The Labute approximate surface area is 194 Å². The van der Waals surface area contributed by atoms with Gasteiger partial charge in [-0.15, -0.1) is 0 Å². The number of carbonyl (C=O) groups excluding carboxylic acids is 2. The Hall–Kier alpha value is -4.51. The van der Waals surface area contributed by atoms with E-state index in [1.54, 1.807) is 36.4 Å². The van der Waals surface area contributed by atoms with Crippen molar-refractivity contribution in [3.05, 3.63) is 83.2 Å². The van der Waals surface area contributed by atoms with Gasteiger partial charge in [-0.1, -0.05) is 30.3 Å². The summed E-state index contributed by atoms with van der Waals surface area (Å²) in [5.74, 6) is -2.32. The number of fused-ring (bicyclic) bond motifs is 1. The predicted octanol–water partition coefficient (Wildman–Crippen LogP) is 5.23. The number of nitrogens with zero attached hydrogens (tertiary/aromatic N) is 1. The van der Waals surface area contributed by atoms with Crippen LogP contribution in [0, 0.1) is 23.1 Å². The molecule has 4 rings (SSSR count). The summed E-state index contributed by atoms with van der Waals surface area (Å²) in [6.45, 7) is 0. The molecule has 0 aromatic heterocycles. The topological polar surface area (TPSA) is 119 Å². The number of carbonyl (C=O) groups is 3. The van der Waals surface area contributed by atoms with Crippen molar-refractivity contribution in [3.63, 3.8) is 0 Å². The number of aliphatic carboxylic acids is 1. The molecule has 0 radical (unpaired) electrons. The van der Waals surface area contributed by atoms with Gasteiger partial charge in [-0.05, 0) is 59.9 Å². The van der Waals surface area contributed by atoms with Crippen LogP contribution in [0.15, 0.2) is 60.7 Å². The normalized spacial score (nSPS) is 14.6. The van der Waals surface area contributed by atoms with Gasteiger partial charge in [-0.3, -0.25) is 9.59 Å². The van der Waals surface area contributed by atoms with Crippen LogP contribution >= 0.6 is 0 Å². The zero-order valence-corrected chi connectivity index (χ0v) is 18.0. The number of nitrogens with one attached hydrogen (secondary N) is 2. The molecule has 0 bridgehead atoms. The highest BCUT2D eigenvalue weighted by atomic mass is 19.1. The number of halogens is 1. The number of urea groups is 1. The maximum Gasteiger partial charge on any atom is 0.323 e. The number of ketones is 1. The second kappa shape index (κ2) is 9.55. The summed E-state index contributed by atoms with van der Waals surface area (Å²) in [7, 11) is 0. The second-order valence-electron chi connectivity index (χ2n) is 8.04. The van der Waals surface area contributed by atoms with Crippen molar-refractivity contribution in [2.75, 3.05) is 10.6 Å². The minimum Gasteiger partial charge on any atom is -0.481 e. The highest BCUT2D eigenvalue weighted by Gasteiger charge is 2.29. The quantitative estimate of drug-likeness (QED) is 0.485. The first-order valence-electron chi connectivity index (χ1n) is 10.6. The summed E-state index contributed by atoms with van der Waals surface area (Å²) in [6.07, 6.45) is 0.852. The molecule has 3 N–H and O–H groups in total. The molecule has 2 amide bonds. The lowest BCUT2D eigenvalue weighted by molar-refractivity contribution is -0.137. The Morgan fingerprint density at radius 3 is 2.56 bits per heavy atom. The second-order valence-corrected chi connectivity index (χ2v) is 8.04. The molecule has 0 spiro atoms. The SMILES string of the molecule is N#Cc1cccc(NC(=O)Nc2ccc(-c3ccc4c(c3)CCC(CC(=O)O)C4=O)cc2F)c1. The van der Waals surface area contributed by atoms with E-state index in [-0.39, 0.29) is 17.9 Å². The molecule has 1 aliphatic carbocycles. The molecular weight excluding hydrogens is 437 g/mol. The minimum atomic E-state index is -0.994. The van der Waals surface area contributed by atoms with Gasteiger partial charge < -0.3 is 15.7 Å². The van der Waals surface area contributed by atoms with E-state index in [2.05, 4.69) is 10.6 Å². The number of carboxylic acids is 1. The molecule has 1 aliphatic rings. The monoisotopic (exact) mass is 457 g/mol. The molecule has 3 aromatic carbocycles. The van der Waals surface area contributed by atoms with Gasteiger partial charge in [0.1, 0.15) is 5.82 Å². The van der Waals surface area contributed by atoms with Gasteiger partial charge in [0, 0.05) is 17.2 Å². The number of nitriles is 1. The molecule has 170 valence electrons. The molecule has 1 atom stereocenters. The van der Waals surface area contributed by atoms with Gasteiger partial charge in [0.2, 0.25) is 0 Å². The van der Waals surface area contributed by atoms with Crippen LogP contribution in [0.25, 0.3) is 11.1 Å². The number of hydrogen-bond acceptors (Lipinski definition) is 4. The lowest BCUT2D eigenvalue weighted by Gasteiger charge is -2.22. The molecule has 8 heteroatoms. The fourth-order valence-corrected chi connectivity index (χ4v) is 4.05. The molecule has 0 heterocycles. The van der Waals surface area contributed by atoms with Crippen molar-refractivity contribution in [1.82, 2.24) is 0 Å². The summed E-state index contributed by atoms with van der Waals surface area (Å²) in [5, 5.41) is 22.9. The summed E-state index contributed by atoms with van der Waals surface area (Å²) >= 11 is 0. The Kier molecular flexibility index (Phi) is 6.37. The molecule has 0 fully saturated rings. The van der Waals surface area contributed by atoms with Gasteiger partial charge in [0.05, 0.1) is 23.7 Å². The van der Waals surface area contributed by atoms with Crippen molar-refractivity contribution >= 4 is 29.2 Å². The van der Waals surface area contributed by atoms with E-state index < -0.39 is 23.7 Å². The first-order chi connectivity index (χ1) is 16.3. The molecule has 3 aromatic rings. The number of aryl methyl sites for hydroxylation is 1. The molecule has 7 nitrogen and oxygen atoms in total. The average molecular weight is 457 g/mol. The first-order valence-corrected chi connectivity index (χ1v) is 10.6. The third kappa shape index (κ3) is 4.94.